The van der Waals surface area contributed by atoms with Crippen LogP contribution in [-0.4, -0.2) is 62.6 Å². The second-order valence-electron chi connectivity index (χ2n) is 9.22. The first kappa shape index (κ1) is 32.1. The van der Waals surface area contributed by atoms with Gasteiger partial charge in [-0.1, -0.05) is 50.0 Å². The number of methoxy groups -OCH3 is 1. The molecule has 0 fully saturated rings. The van der Waals surface area contributed by atoms with Crippen LogP contribution in [0, 0.1) is 16.0 Å². The van der Waals surface area contributed by atoms with Crippen molar-refractivity contribution in [1.82, 2.24) is 10.2 Å². The Morgan fingerprint density at radius 2 is 1.79 bits per heavy atom. The number of sulfonamides is 1. The first-order valence-corrected chi connectivity index (χ1v) is 14.6. The third kappa shape index (κ3) is 8.70. The fourth-order valence-corrected chi connectivity index (χ4v) is 4.92. The van der Waals surface area contributed by atoms with Gasteiger partial charge in [-0.15, -0.1) is 0 Å². The van der Waals surface area contributed by atoms with E-state index in [2.05, 4.69) is 5.32 Å². The highest BCUT2D eigenvalue weighted by molar-refractivity contribution is 7.92. The van der Waals surface area contributed by atoms with Gasteiger partial charge in [0.2, 0.25) is 21.8 Å². The maximum Gasteiger partial charge on any atom is 0.271 e. The Morgan fingerprint density at radius 3 is 2.31 bits per heavy atom. The van der Waals surface area contributed by atoms with Crippen LogP contribution in [0.25, 0.3) is 0 Å². The van der Waals surface area contributed by atoms with Crippen LogP contribution in [0.5, 0.6) is 5.75 Å². The average molecular weight is 604 g/mol. The Bertz CT molecular complexity index is 1320. The van der Waals surface area contributed by atoms with Crippen molar-refractivity contribution in [1.29, 1.82) is 0 Å². The van der Waals surface area contributed by atoms with E-state index in [1.807, 2.05) is 13.8 Å². The normalized spacial score (nSPS) is 12.1. The van der Waals surface area contributed by atoms with E-state index in [4.69, 9.17) is 27.9 Å². The van der Waals surface area contributed by atoms with Crippen molar-refractivity contribution in [3.05, 3.63) is 62.1 Å². The van der Waals surface area contributed by atoms with Crippen LogP contribution in [0.15, 0.2) is 36.4 Å². The summed E-state index contributed by atoms with van der Waals surface area (Å²) in [6.07, 6.45) is 1.10. The van der Waals surface area contributed by atoms with E-state index >= 15 is 0 Å². The number of amides is 2. The monoisotopic (exact) mass is 602 g/mol. The summed E-state index contributed by atoms with van der Waals surface area (Å²) in [5.74, 6) is -0.950. The van der Waals surface area contributed by atoms with Crippen LogP contribution in [0.4, 0.5) is 11.4 Å². The molecule has 1 N–H and O–H groups in total. The molecule has 0 aliphatic carbocycles. The van der Waals surface area contributed by atoms with Crippen molar-refractivity contribution < 1.29 is 27.7 Å². The molecule has 0 spiro atoms. The van der Waals surface area contributed by atoms with Gasteiger partial charge in [-0.2, -0.15) is 0 Å². The molecule has 0 saturated heterocycles. The van der Waals surface area contributed by atoms with Gasteiger partial charge in [0.25, 0.3) is 5.69 Å². The molecule has 0 heterocycles. The first-order chi connectivity index (χ1) is 18.2. The summed E-state index contributed by atoms with van der Waals surface area (Å²) < 4.78 is 31.7. The standard InChI is InChI=1S/C25H32Cl2N4O7S/c1-6-21(25(33)28-13-16(2)3)29(14-17-7-9-19(26)20(27)11-17)24(32)15-30(39(5,36)37)22-12-18(31(34)35)8-10-23(22)38-4/h7-12,16,21H,6,13-15H2,1-5H3,(H,28,33). The van der Waals surface area contributed by atoms with Gasteiger partial charge in [-0.3, -0.25) is 24.0 Å². The molecule has 1 atom stereocenters. The molecule has 2 aromatic carbocycles. The Hall–Kier alpha value is -3.09. The molecule has 2 amide bonds. The highest BCUT2D eigenvalue weighted by atomic mass is 35.5. The van der Waals surface area contributed by atoms with Crippen LogP contribution >= 0.6 is 23.2 Å². The van der Waals surface area contributed by atoms with Gasteiger partial charge in [-0.25, -0.2) is 8.42 Å². The smallest absolute Gasteiger partial charge is 0.271 e. The third-order valence-corrected chi connectivity index (χ3v) is 7.59. The van der Waals surface area contributed by atoms with E-state index < -0.39 is 39.3 Å². The van der Waals surface area contributed by atoms with Crippen molar-refractivity contribution in [2.24, 2.45) is 5.92 Å². The minimum Gasteiger partial charge on any atom is -0.495 e. The van der Waals surface area contributed by atoms with Crippen molar-refractivity contribution in [2.45, 2.75) is 39.8 Å². The largest absolute Gasteiger partial charge is 0.495 e. The number of hydrogen-bond donors (Lipinski definition) is 1. The molecule has 2 rings (SSSR count). The summed E-state index contributed by atoms with van der Waals surface area (Å²) in [6.45, 7) is 5.14. The third-order valence-electron chi connectivity index (χ3n) is 5.73. The molecule has 11 nitrogen and oxygen atoms in total. The quantitative estimate of drug-likeness (QED) is 0.267. The zero-order valence-corrected chi connectivity index (χ0v) is 24.6. The number of halogens is 2. The lowest BCUT2D eigenvalue weighted by Gasteiger charge is -2.33. The van der Waals surface area contributed by atoms with Gasteiger partial charge < -0.3 is 15.0 Å². The van der Waals surface area contributed by atoms with Crippen molar-refractivity contribution >= 4 is 56.4 Å². The molecule has 2 aromatic rings. The van der Waals surface area contributed by atoms with Crippen LogP contribution in [0.2, 0.25) is 10.0 Å². The first-order valence-electron chi connectivity index (χ1n) is 12.0. The molecule has 0 bridgehead atoms. The highest BCUT2D eigenvalue weighted by Gasteiger charge is 2.33. The second kappa shape index (κ2) is 13.8. The lowest BCUT2D eigenvalue weighted by atomic mass is 10.1. The number of non-ortho nitro benzene ring substituents is 1. The number of carbonyl (C=O) groups is 2. The number of nitrogens with zero attached hydrogens (tertiary/aromatic N) is 3. The van der Waals surface area contributed by atoms with Crippen LogP contribution < -0.4 is 14.4 Å². The fourth-order valence-electron chi connectivity index (χ4n) is 3.76. The summed E-state index contributed by atoms with van der Waals surface area (Å²) in [5.41, 5.74) is -0.0138. The van der Waals surface area contributed by atoms with Crippen molar-refractivity contribution in [3.8, 4) is 5.75 Å². The number of nitrogens with one attached hydrogen (secondary N) is 1. The zero-order chi connectivity index (χ0) is 29.5. The molecule has 0 aliphatic heterocycles. The summed E-state index contributed by atoms with van der Waals surface area (Å²) in [5, 5.41) is 14.8. The van der Waals surface area contributed by atoms with Gasteiger partial charge in [-0.05, 0) is 36.1 Å². The Balaban J connectivity index is 2.57. The van der Waals surface area contributed by atoms with Gasteiger partial charge >= 0.3 is 0 Å². The van der Waals surface area contributed by atoms with Gasteiger partial charge in [0.15, 0.2) is 0 Å². The molecule has 14 heteroatoms. The SMILES string of the molecule is CCC(C(=O)NCC(C)C)N(Cc1ccc(Cl)c(Cl)c1)C(=O)CN(c1cc([N+](=O)[O-])ccc1OC)S(C)(=O)=O. The zero-order valence-electron chi connectivity index (χ0n) is 22.3. The molecule has 1 unspecified atom stereocenters. The predicted octanol–water partition coefficient (Wildman–Crippen LogP) is 4.26. The maximum atomic E-state index is 13.8. The summed E-state index contributed by atoms with van der Waals surface area (Å²) in [7, 11) is -2.86. The summed E-state index contributed by atoms with van der Waals surface area (Å²) >= 11 is 12.2. The maximum absolute atomic E-state index is 13.8. The topological polar surface area (TPSA) is 139 Å². The number of anilines is 1. The number of nitro benzene ring substituents is 1. The minimum atomic E-state index is -4.14. The molecule has 0 radical (unpaired) electrons. The molecule has 214 valence electrons. The Labute approximate surface area is 238 Å². The van der Waals surface area contributed by atoms with E-state index in [-0.39, 0.29) is 41.0 Å². The minimum absolute atomic E-state index is 0.0107. The lowest BCUT2D eigenvalue weighted by Crippen LogP contribution is -2.52. The van der Waals surface area contributed by atoms with Crippen LogP contribution in [-0.2, 0) is 26.2 Å². The molecule has 39 heavy (non-hydrogen) atoms. The van der Waals surface area contributed by atoms with E-state index in [1.165, 1.54) is 18.1 Å². The average Bonchev–Trinajstić information content (AvgIpc) is 2.86. The lowest BCUT2D eigenvalue weighted by molar-refractivity contribution is -0.384. The van der Waals surface area contributed by atoms with Crippen LogP contribution in [0.3, 0.4) is 0 Å². The van der Waals surface area contributed by atoms with Gasteiger partial charge in [0.1, 0.15) is 24.0 Å². The highest BCUT2D eigenvalue weighted by Crippen LogP contribution is 2.34. The van der Waals surface area contributed by atoms with E-state index in [9.17, 15) is 28.1 Å². The van der Waals surface area contributed by atoms with Crippen molar-refractivity contribution in [2.75, 3.05) is 30.8 Å². The number of carbonyl (C=O) groups excluding carboxylic acids is 2. The molecule has 0 aromatic heterocycles. The van der Waals surface area contributed by atoms with Crippen LogP contribution in [0.1, 0.15) is 32.8 Å². The Kier molecular flexibility index (Phi) is 11.4. The van der Waals surface area contributed by atoms with Gasteiger partial charge in [0, 0.05) is 25.2 Å². The van der Waals surface area contributed by atoms with Gasteiger partial charge in [0.05, 0.1) is 28.3 Å². The number of ether oxygens (including phenoxy) is 1. The summed E-state index contributed by atoms with van der Waals surface area (Å²) in [4.78, 5) is 38.9. The van der Waals surface area contributed by atoms with E-state index in [0.29, 0.717) is 17.1 Å². The predicted molar refractivity (Wildman–Crippen MR) is 151 cm³/mol. The molecule has 0 saturated carbocycles. The molecular formula is C25H32Cl2N4O7S. The van der Waals surface area contributed by atoms with E-state index in [1.54, 1.807) is 25.1 Å². The summed E-state index contributed by atoms with van der Waals surface area (Å²) in [6, 6.07) is 7.23. The van der Waals surface area contributed by atoms with Crippen molar-refractivity contribution in [3.63, 3.8) is 0 Å². The number of benzene rings is 2. The van der Waals surface area contributed by atoms with E-state index in [0.717, 1.165) is 22.7 Å². The fraction of sp³-hybridized carbons (Fsp3) is 0.440. The molecule has 0 aliphatic rings. The Morgan fingerprint density at radius 1 is 1.13 bits per heavy atom. The number of nitro groups is 1. The molecular weight excluding hydrogens is 571 g/mol. The number of rotatable bonds is 13. The number of hydrogen-bond acceptors (Lipinski definition) is 7. The second-order valence-corrected chi connectivity index (χ2v) is 11.9.